The number of amides is 1. The number of benzene rings is 2. The zero-order valence-corrected chi connectivity index (χ0v) is 14.8. The van der Waals surface area contributed by atoms with Gasteiger partial charge in [-0.1, -0.05) is 41.5 Å². The second kappa shape index (κ2) is 7.59. The molecule has 0 bridgehead atoms. The van der Waals surface area contributed by atoms with Crippen LogP contribution in [0.15, 0.2) is 47.4 Å². The van der Waals surface area contributed by atoms with Gasteiger partial charge in [0, 0.05) is 0 Å². The third kappa shape index (κ3) is 4.91. The van der Waals surface area contributed by atoms with Crippen molar-refractivity contribution in [3.8, 4) is 0 Å². The number of hydrogen-bond acceptors (Lipinski definition) is 4. The van der Waals surface area contributed by atoms with Crippen LogP contribution in [-0.2, 0) is 26.2 Å². The van der Waals surface area contributed by atoms with E-state index >= 15 is 0 Å². The largest absolute Gasteiger partial charge is 0.367 e. The summed E-state index contributed by atoms with van der Waals surface area (Å²) < 4.78 is 31.5. The molecule has 2 aromatic rings. The first-order chi connectivity index (χ1) is 11.3. The fourth-order valence-corrected chi connectivity index (χ4v) is 3.19. The molecule has 0 radical (unpaired) electrons. The number of nitrogens with one attached hydrogen (secondary N) is 1. The van der Waals surface area contributed by atoms with E-state index in [4.69, 9.17) is 4.74 Å². The lowest BCUT2D eigenvalue weighted by Crippen LogP contribution is -2.33. The first kappa shape index (κ1) is 18.2. The molecular formula is C18H21NO4S. The van der Waals surface area contributed by atoms with E-state index in [0.29, 0.717) is 0 Å². The number of carbonyl (C=O) groups excluding carboxylic acids is 1. The molecule has 0 spiro atoms. The summed E-state index contributed by atoms with van der Waals surface area (Å²) in [6.45, 7) is 5.76. The summed E-state index contributed by atoms with van der Waals surface area (Å²) in [6, 6.07) is 12.2. The predicted octanol–water partition coefficient (Wildman–Crippen LogP) is 2.63. The molecule has 128 valence electrons. The molecule has 0 unspecified atom stereocenters. The average molecular weight is 347 g/mol. The minimum absolute atomic E-state index is 0.0517. The Kier molecular flexibility index (Phi) is 5.75. The molecule has 0 atom stereocenters. The molecule has 1 amide bonds. The number of rotatable bonds is 6. The maximum atomic E-state index is 12.1. The lowest BCUT2D eigenvalue weighted by atomic mass is 10.1. The smallest absolute Gasteiger partial charge is 0.264 e. The van der Waals surface area contributed by atoms with E-state index in [1.165, 1.54) is 12.1 Å². The average Bonchev–Trinajstić information content (AvgIpc) is 2.49. The van der Waals surface area contributed by atoms with Gasteiger partial charge in [0.2, 0.25) is 0 Å². The van der Waals surface area contributed by atoms with E-state index in [0.717, 1.165) is 22.3 Å². The van der Waals surface area contributed by atoms with Crippen LogP contribution in [-0.4, -0.2) is 20.9 Å². The van der Waals surface area contributed by atoms with Crippen molar-refractivity contribution in [2.45, 2.75) is 32.3 Å². The summed E-state index contributed by atoms with van der Waals surface area (Å²) in [5.41, 5.74) is 4.13. The van der Waals surface area contributed by atoms with Crippen molar-refractivity contribution in [3.05, 3.63) is 64.7 Å². The quantitative estimate of drug-likeness (QED) is 0.872. The van der Waals surface area contributed by atoms with Crippen molar-refractivity contribution in [2.75, 3.05) is 6.61 Å². The van der Waals surface area contributed by atoms with Gasteiger partial charge in [-0.25, -0.2) is 13.1 Å². The highest BCUT2D eigenvalue weighted by Crippen LogP contribution is 2.12. The second-order valence-corrected chi connectivity index (χ2v) is 7.45. The summed E-state index contributed by atoms with van der Waals surface area (Å²) in [5.74, 6) is -0.694. The van der Waals surface area contributed by atoms with E-state index in [1.54, 1.807) is 12.1 Å². The van der Waals surface area contributed by atoms with E-state index in [2.05, 4.69) is 0 Å². The van der Waals surface area contributed by atoms with Gasteiger partial charge in [-0.2, -0.15) is 0 Å². The lowest BCUT2D eigenvalue weighted by Gasteiger charge is -2.09. The SMILES string of the molecule is Cc1ccc(S(=O)(=O)NC(=O)COCc2ccc(C)cc2C)cc1. The summed E-state index contributed by atoms with van der Waals surface area (Å²) >= 11 is 0. The molecule has 2 rings (SSSR count). The Labute approximate surface area is 142 Å². The van der Waals surface area contributed by atoms with Crippen LogP contribution in [0.3, 0.4) is 0 Å². The van der Waals surface area contributed by atoms with Crippen molar-refractivity contribution in [2.24, 2.45) is 0 Å². The van der Waals surface area contributed by atoms with Crippen LogP contribution < -0.4 is 4.72 Å². The Bertz CT molecular complexity index is 827. The van der Waals surface area contributed by atoms with Crippen LogP contribution in [0.5, 0.6) is 0 Å². The number of carbonyl (C=O) groups is 1. The number of hydrogen-bond donors (Lipinski definition) is 1. The fourth-order valence-electron chi connectivity index (χ4n) is 2.22. The Hall–Kier alpha value is -2.18. The van der Waals surface area contributed by atoms with Gasteiger partial charge in [0.15, 0.2) is 0 Å². The Morgan fingerprint density at radius 3 is 2.25 bits per heavy atom. The summed E-state index contributed by atoms with van der Waals surface area (Å²) in [5, 5.41) is 0. The summed E-state index contributed by atoms with van der Waals surface area (Å²) in [4.78, 5) is 11.9. The maximum Gasteiger partial charge on any atom is 0.264 e. The predicted molar refractivity (Wildman–Crippen MR) is 92.1 cm³/mol. The molecule has 0 fully saturated rings. The van der Waals surface area contributed by atoms with Crippen molar-refractivity contribution in [3.63, 3.8) is 0 Å². The van der Waals surface area contributed by atoms with Crippen LogP contribution in [0.25, 0.3) is 0 Å². The van der Waals surface area contributed by atoms with Crippen molar-refractivity contribution in [1.82, 2.24) is 4.72 Å². The minimum atomic E-state index is -3.86. The topological polar surface area (TPSA) is 72.5 Å². The van der Waals surface area contributed by atoms with Gasteiger partial charge in [-0.15, -0.1) is 0 Å². The van der Waals surface area contributed by atoms with Gasteiger partial charge in [0.05, 0.1) is 11.5 Å². The Morgan fingerprint density at radius 2 is 1.62 bits per heavy atom. The fraction of sp³-hybridized carbons (Fsp3) is 0.278. The van der Waals surface area contributed by atoms with Crippen LogP contribution >= 0.6 is 0 Å². The monoisotopic (exact) mass is 347 g/mol. The van der Waals surface area contributed by atoms with E-state index in [-0.39, 0.29) is 18.1 Å². The van der Waals surface area contributed by atoms with Crippen LogP contribution in [0.4, 0.5) is 0 Å². The molecule has 0 aliphatic rings. The van der Waals surface area contributed by atoms with Crippen LogP contribution in [0.2, 0.25) is 0 Å². The van der Waals surface area contributed by atoms with Crippen molar-refractivity contribution in [1.29, 1.82) is 0 Å². The van der Waals surface area contributed by atoms with Gasteiger partial charge in [-0.3, -0.25) is 4.79 Å². The van der Waals surface area contributed by atoms with Gasteiger partial charge in [0.1, 0.15) is 6.61 Å². The lowest BCUT2D eigenvalue weighted by molar-refractivity contribution is -0.124. The highest BCUT2D eigenvalue weighted by atomic mass is 32.2. The standard InChI is InChI=1S/C18H21NO4S/c1-13-5-8-17(9-6-13)24(21,22)19-18(20)12-23-11-16-7-4-14(2)10-15(16)3/h4-10H,11-12H2,1-3H3,(H,19,20). The minimum Gasteiger partial charge on any atom is -0.367 e. The Balaban J connectivity index is 1.90. The molecule has 2 aromatic carbocycles. The summed E-state index contributed by atoms with van der Waals surface area (Å²) in [6.07, 6.45) is 0. The number of ether oxygens (including phenoxy) is 1. The van der Waals surface area contributed by atoms with Gasteiger partial charge in [-0.05, 0) is 44.0 Å². The van der Waals surface area contributed by atoms with Crippen molar-refractivity contribution >= 4 is 15.9 Å². The van der Waals surface area contributed by atoms with Gasteiger partial charge in [0.25, 0.3) is 15.9 Å². The van der Waals surface area contributed by atoms with Crippen LogP contribution in [0, 0.1) is 20.8 Å². The molecule has 0 aliphatic heterocycles. The molecule has 1 N–H and O–H groups in total. The van der Waals surface area contributed by atoms with E-state index < -0.39 is 15.9 Å². The first-order valence-electron chi connectivity index (χ1n) is 7.54. The highest BCUT2D eigenvalue weighted by Gasteiger charge is 2.17. The molecule has 0 saturated carbocycles. The maximum absolute atomic E-state index is 12.1. The molecule has 0 aliphatic carbocycles. The third-order valence-electron chi connectivity index (χ3n) is 3.57. The molecular weight excluding hydrogens is 326 g/mol. The van der Waals surface area contributed by atoms with E-state index in [9.17, 15) is 13.2 Å². The third-order valence-corrected chi connectivity index (χ3v) is 4.96. The number of sulfonamides is 1. The first-order valence-corrected chi connectivity index (χ1v) is 9.02. The van der Waals surface area contributed by atoms with E-state index in [1.807, 2.05) is 43.7 Å². The normalized spacial score (nSPS) is 11.3. The molecule has 5 nitrogen and oxygen atoms in total. The van der Waals surface area contributed by atoms with Gasteiger partial charge < -0.3 is 4.74 Å². The van der Waals surface area contributed by atoms with Crippen LogP contribution in [0.1, 0.15) is 22.3 Å². The molecule has 0 saturated heterocycles. The highest BCUT2D eigenvalue weighted by molar-refractivity contribution is 7.90. The molecule has 6 heteroatoms. The van der Waals surface area contributed by atoms with Gasteiger partial charge >= 0.3 is 0 Å². The number of aryl methyl sites for hydroxylation is 3. The molecule has 0 aromatic heterocycles. The Morgan fingerprint density at radius 1 is 1.00 bits per heavy atom. The second-order valence-electron chi connectivity index (χ2n) is 5.76. The van der Waals surface area contributed by atoms with Crippen molar-refractivity contribution < 1.29 is 17.9 Å². The zero-order chi connectivity index (χ0) is 17.7. The molecule has 24 heavy (non-hydrogen) atoms. The zero-order valence-electron chi connectivity index (χ0n) is 14.0. The molecule has 0 heterocycles. The summed E-state index contributed by atoms with van der Waals surface area (Å²) in [7, 11) is -3.86.